The summed E-state index contributed by atoms with van der Waals surface area (Å²) in [6.07, 6.45) is -4.73. The fourth-order valence-electron chi connectivity index (χ4n) is 2.40. The van der Waals surface area contributed by atoms with E-state index in [0.29, 0.717) is 36.3 Å². The van der Waals surface area contributed by atoms with Gasteiger partial charge in [-0.05, 0) is 54.9 Å². The second-order valence-electron chi connectivity index (χ2n) is 6.62. The normalized spacial score (nSPS) is 16.3. The highest BCUT2D eigenvalue weighted by atomic mass is 79.9. The molecule has 1 aliphatic rings. The highest BCUT2D eigenvalue weighted by Crippen LogP contribution is 2.35. The first-order valence-electron chi connectivity index (χ1n) is 7.57. The molecular weight excluding hydrogens is 389 g/mol. The molecule has 1 aliphatic heterocycles. The minimum Gasteiger partial charge on any atom is -0.444 e. The summed E-state index contributed by atoms with van der Waals surface area (Å²) in [7, 11) is 0. The van der Waals surface area contributed by atoms with Gasteiger partial charge in [0.25, 0.3) is 0 Å². The predicted molar refractivity (Wildman–Crippen MR) is 89.2 cm³/mol. The lowest BCUT2D eigenvalue weighted by molar-refractivity contribution is -0.137. The molecule has 0 atom stereocenters. The number of benzene rings is 1. The zero-order chi connectivity index (χ0) is 18.1. The number of hydrogen-bond donors (Lipinski definition) is 0. The van der Waals surface area contributed by atoms with E-state index < -0.39 is 17.3 Å². The third kappa shape index (κ3) is 4.78. The van der Waals surface area contributed by atoms with Crippen LogP contribution in [0.2, 0.25) is 0 Å². The summed E-state index contributed by atoms with van der Waals surface area (Å²) >= 11 is 3.21. The van der Waals surface area contributed by atoms with Gasteiger partial charge in [-0.25, -0.2) is 4.79 Å². The van der Waals surface area contributed by atoms with Crippen LogP contribution in [0.1, 0.15) is 26.3 Å². The molecule has 4 nitrogen and oxygen atoms in total. The number of carbonyl (C=O) groups excluding carboxylic acids is 1. The minimum absolute atomic E-state index is 0.367. The van der Waals surface area contributed by atoms with Crippen molar-refractivity contribution in [2.75, 3.05) is 31.1 Å². The van der Waals surface area contributed by atoms with Gasteiger partial charge in [-0.1, -0.05) is 0 Å². The van der Waals surface area contributed by atoms with Crippen molar-refractivity contribution in [3.8, 4) is 0 Å². The van der Waals surface area contributed by atoms with E-state index in [1.807, 2.05) is 4.90 Å². The standard InChI is InChI=1S/C16H20BrF3N2O2/c1-15(2,3)24-14(23)22-8-6-21(7-9-22)13-5-4-11(10-12(13)17)16(18,19)20/h4-5,10H,6-9H2,1-3H3. The maximum atomic E-state index is 12.7. The number of ether oxygens (including phenoxy) is 1. The van der Waals surface area contributed by atoms with E-state index in [0.717, 1.165) is 12.1 Å². The van der Waals surface area contributed by atoms with Crippen LogP contribution in [0.25, 0.3) is 0 Å². The number of rotatable bonds is 1. The number of nitrogens with zero attached hydrogens (tertiary/aromatic N) is 2. The third-order valence-electron chi connectivity index (χ3n) is 3.55. The molecule has 24 heavy (non-hydrogen) atoms. The third-order valence-corrected chi connectivity index (χ3v) is 4.18. The molecule has 0 N–H and O–H groups in total. The lowest BCUT2D eigenvalue weighted by Gasteiger charge is -2.37. The van der Waals surface area contributed by atoms with Gasteiger partial charge in [0.2, 0.25) is 0 Å². The fraction of sp³-hybridized carbons (Fsp3) is 0.562. The number of alkyl halides is 3. The van der Waals surface area contributed by atoms with Crippen molar-refractivity contribution in [3.63, 3.8) is 0 Å². The van der Waals surface area contributed by atoms with Gasteiger partial charge in [0, 0.05) is 30.7 Å². The lowest BCUT2D eigenvalue weighted by Crippen LogP contribution is -2.50. The maximum absolute atomic E-state index is 12.7. The summed E-state index contributed by atoms with van der Waals surface area (Å²) in [6.45, 7) is 7.40. The Bertz CT molecular complexity index is 606. The van der Waals surface area contributed by atoms with Crippen LogP contribution in [0, 0.1) is 0 Å². The van der Waals surface area contributed by atoms with Gasteiger partial charge >= 0.3 is 12.3 Å². The van der Waals surface area contributed by atoms with Crippen molar-refractivity contribution >= 4 is 27.7 Å². The summed E-state index contributed by atoms with van der Waals surface area (Å²) in [5.41, 5.74) is -0.553. The van der Waals surface area contributed by atoms with Crippen molar-refractivity contribution in [2.45, 2.75) is 32.5 Å². The minimum atomic E-state index is -4.36. The van der Waals surface area contributed by atoms with E-state index in [4.69, 9.17) is 4.74 Å². The highest BCUT2D eigenvalue weighted by Gasteiger charge is 2.32. The molecule has 1 amide bonds. The molecule has 0 saturated carbocycles. The van der Waals surface area contributed by atoms with Crippen LogP contribution in [0.3, 0.4) is 0 Å². The van der Waals surface area contributed by atoms with Crippen LogP contribution >= 0.6 is 15.9 Å². The zero-order valence-corrected chi connectivity index (χ0v) is 15.4. The molecule has 1 heterocycles. The SMILES string of the molecule is CC(C)(C)OC(=O)N1CCN(c2ccc(C(F)(F)F)cc2Br)CC1. The van der Waals surface area contributed by atoms with Crippen molar-refractivity contribution in [1.82, 2.24) is 4.90 Å². The Labute approximate surface area is 147 Å². The maximum Gasteiger partial charge on any atom is 0.416 e. The highest BCUT2D eigenvalue weighted by molar-refractivity contribution is 9.10. The largest absolute Gasteiger partial charge is 0.444 e. The van der Waals surface area contributed by atoms with Crippen LogP contribution in [0.4, 0.5) is 23.7 Å². The van der Waals surface area contributed by atoms with Gasteiger partial charge in [-0.2, -0.15) is 13.2 Å². The summed E-state index contributed by atoms with van der Waals surface area (Å²) in [5, 5.41) is 0. The molecule has 0 unspecified atom stereocenters. The number of hydrogen-bond acceptors (Lipinski definition) is 3. The summed E-state index contributed by atoms with van der Waals surface area (Å²) in [5.74, 6) is 0. The van der Waals surface area contributed by atoms with E-state index >= 15 is 0 Å². The molecule has 0 bridgehead atoms. The molecule has 0 aromatic heterocycles. The van der Waals surface area contributed by atoms with Gasteiger partial charge in [0.05, 0.1) is 11.3 Å². The Morgan fingerprint density at radius 3 is 2.17 bits per heavy atom. The van der Waals surface area contributed by atoms with Crippen LogP contribution in [0.5, 0.6) is 0 Å². The topological polar surface area (TPSA) is 32.8 Å². The van der Waals surface area contributed by atoms with Gasteiger partial charge in [-0.15, -0.1) is 0 Å². The van der Waals surface area contributed by atoms with Gasteiger partial charge in [0.15, 0.2) is 0 Å². The number of halogens is 4. The second kappa shape index (κ2) is 6.82. The van der Waals surface area contributed by atoms with Crippen molar-refractivity contribution < 1.29 is 22.7 Å². The number of anilines is 1. The van der Waals surface area contributed by atoms with E-state index in [1.165, 1.54) is 6.07 Å². The summed E-state index contributed by atoms with van der Waals surface area (Å²) < 4.78 is 43.9. The smallest absolute Gasteiger partial charge is 0.416 e. The molecule has 1 aromatic rings. The summed E-state index contributed by atoms with van der Waals surface area (Å²) in [6, 6.07) is 3.60. The molecule has 1 saturated heterocycles. The average molecular weight is 409 g/mol. The summed E-state index contributed by atoms with van der Waals surface area (Å²) in [4.78, 5) is 15.6. The van der Waals surface area contributed by atoms with Crippen LogP contribution in [-0.4, -0.2) is 42.8 Å². The van der Waals surface area contributed by atoms with E-state index in [1.54, 1.807) is 25.7 Å². The molecule has 8 heteroatoms. The van der Waals surface area contributed by atoms with E-state index in [9.17, 15) is 18.0 Å². The Morgan fingerprint density at radius 2 is 1.71 bits per heavy atom. The quantitative estimate of drug-likeness (QED) is 0.684. The Hall–Kier alpha value is -1.44. The first-order valence-corrected chi connectivity index (χ1v) is 8.36. The van der Waals surface area contributed by atoms with Crippen LogP contribution in [-0.2, 0) is 10.9 Å². The van der Waals surface area contributed by atoms with E-state index in [2.05, 4.69) is 15.9 Å². The van der Waals surface area contributed by atoms with Crippen molar-refractivity contribution in [1.29, 1.82) is 0 Å². The number of amides is 1. The molecule has 1 aromatic carbocycles. The first-order chi connectivity index (χ1) is 11.0. The molecule has 0 aliphatic carbocycles. The van der Waals surface area contributed by atoms with Crippen LogP contribution in [0.15, 0.2) is 22.7 Å². The second-order valence-corrected chi connectivity index (χ2v) is 7.47. The molecule has 0 spiro atoms. The monoisotopic (exact) mass is 408 g/mol. The molecule has 2 rings (SSSR count). The van der Waals surface area contributed by atoms with Crippen molar-refractivity contribution in [2.24, 2.45) is 0 Å². The Kier molecular flexibility index (Phi) is 5.37. The number of carbonyl (C=O) groups is 1. The fourth-order valence-corrected chi connectivity index (χ4v) is 3.03. The molecule has 134 valence electrons. The van der Waals surface area contributed by atoms with Crippen LogP contribution < -0.4 is 4.90 Å². The molecule has 1 fully saturated rings. The van der Waals surface area contributed by atoms with Crippen molar-refractivity contribution in [3.05, 3.63) is 28.2 Å². The van der Waals surface area contributed by atoms with Gasteiger partial charge < -0.3 is 14.5 Å². The lowest BCUT2D eigenvalue weighted by atomic mass is 10.1. The number of piperazine rings is 1. The first kappa shape index (κ1) is 18.9. The van der Waals surface area contributed by atoms with E-state index in [-0.39, 0.29) is 6.09 Å². The molecular formula is C16H20BrF3N2O2. The Morgan fingerprint density at radius 1 is 1.12 bits per heavy atom. The predicted octanol–water partition coefficient (Wildman–Crippen LogP) is 4.53. The van der Waals surface area contributed by atoms with Gasteiger partial charge in [0.1, 0.15) is 5.60 Å². The Balaban J connectivity index is 2.01. The van der Waals surface area contributed by atoms with Gasteiger partial charge in [-0.3, -0.25) is 0 Å². The average Bonchev–Trinajstić information content (AvgIpc) is 2.44. The molecule has 0 radical (unpaired) electrons. The zero-order valence-electron chi connectivity index (χ0n) is 13.8.